The number of amides is 4. The molecule has 0 aromatic rings. The first-order chi connectivity index (χ1) is 6.13. The molecule has 1 aliphatic rings. The van der Waals surface area contributed by atoms with Crippen LogP contribution in [0.15, 0.2) is 17.4 Å². The zero-order valence-corrected chi connectivity index (χ0v) is 6.56. The summed E-state index contributed by atoms with van der Waals surface area (Å²) in [5, 5.41) is 5.08. The Kier molecular flexibility index (Phi) is 5.34. The summed E-state index contributed by atoms with van der Waals surface area (Å²) in [5.41, 5.74) is 11.2. The Balaban J connectivity index is 0.000000223. The average molecular weight is 187 g/mol. The molecule has 0 fully saturated rings. The Morgan fingerprint density at radius 2 is 2.00 bits per heavy atom. The number of carbonyl (C=O) groups excluding carboxylic acids is 2. The summed E-state index contributed by atoms with van der Waals surface area (Å²) in [6, 6.07) is -1.88. The van der Waals surface area contributed by atoms with Gasteiger partial charge in [-0.15, -0.1) is 5.59 Å². The summed E-state index contributed by atoms with van der Waals surface area (Å²) < 4.78 is 0. The molecule has 1 heterocycles. The number of allylic oxidation sites excluding steroid dienone is 1. The van der Waals surface area contributed by atoms with Crippen LogP contribution in [-0.2, 0) is 4.84 Å². The third-order valence-corrected chi connectivity index (χ3v) is 0.659. The van der Waals surface area contributed by atoms with Crippen molar-refractivity contribution in [1.29, 1.82) is 0 Å². The first-order valence-electron chi connectivity index (χ1n) is 3.07. The summed E-state index contributed by atoms with van der Waals surface area (Å²) >= 11 is 0. The molecule has 0 bridgehead atoms. The second-order valence-corrected chi connectivity index (χ2v) is 1.67. The highest BCUT2D eigenvalue weighted by Gasteiger charge is 1.92. The average Bonchev–Trinajstić information content (AvgIpc) is 2.06. The normalized spacial score (nSPS) is 11.4. The van der Waals surface area contributed by atoms with Gasteiger partial charge < -0.3 is 16.3 Å². The molecule has 0 unspecified atom stereocenters. The molecule has 8 heteroatoms. The van der Waals surface area contributed by atoms with E-state index in [1.54, 1.807) is 17.6 Å². The van der Waals surface area contributed by atoms with E-state index < -0.39 is 12.1 Å². The van der Waals surface area contributed by atoms with Crippen LogP contribution in [0.2, 0.25) is 0 Å². The zero-order chi connectivity index (χ0) is 10.1. The van der Waals surface area contributed by atoms with E-state index in [2.05, 4.69) is 27.0 Å². The van der Waals surface area contributed by atoms with Crippen LogP contribution in [0, 0.1) is 0 Å². The molecule has 0 aromatic heterocycles. The zero-order valence-electron chi connectivity index (χ0n) is 6.56. The van der Waals surface area contributed by atoms with Gasteiger partial charge >= 0.3 is 12.1 Å². The number of hydrazone groups is 1. The molecular weight excluding hydrogens is 178 g/mol. The monoisotopic (exact) mass is 187 g/mol. The fourth-order valence-corrected chi connectivity index (χ4v) is 0.330. The quantitative estimate of drug-likeness (QED) is 0.377. The molecule has 0 spiro atoms. The molecule has 0 atom stereocenters. The third kappa shape index (κ3) is 9.75. The van der Waals surface area contributed by atoms with Crippen LogP contribution >= 0.6 is 0 Å². The largest absolute Gasteiger partial charge is 0.373 e. The van der Waals surface area contributed by atoms with Crippen molar-refractivity contribution in [3.8, 4) is 0 Å². The molecule has 8 nitrogen and oxygen atoms in total. The second kappa shape index (κ2) is 6.46. The summed E-state index contributed by atoms with van der Waals surface area (Å²) in [7, 11) is 0. The van der Waals surface area contributed by atoms with Crippen molar-refractivity contribution < 1.29 is 14.4 Å². The number of primary amides is 2. The standard InChI is InChI=1S/C3H4N2O.C2H5N3O2/c1-2-4-5-6-3-1;3-1(6)5-2(4)7/h1-3,5H;(H5,3,4,5,6,7). The Bertz CT molecular complexity index is 212. The predicted molar refractivity (Wildman–Crippen MR) is 44.2 cm³/mol. The molecule has 0 saturated heterocycles. The summed E-state index contributed by atoms with van der Waals surface area (Å²) in [5.74, 6) is 0. The molecule has 1 aliphatic heterocycles. The molecule has 0 saturated carbocycles. The number of rotatable bonds is 0. The Hall–Kier alpha value is -2.25. The number of hydrogen-bond acceptors (Lipinski definition) is 5. The van der Waals surface area contributed by atoms with Gasteiger partial charge in [0.2, 0.25) is 0 Å². The molecule has 72 valence electrons. The third-order valence-electron chi connectivity index (χ3n) is 0.659. The van der Waals surface area contributed by atoms with Gasteiger partial charge in [-0.05, 0) is 6.08 Å². The van der Waals surface area contributed by atoms with Gasteiger partial charge in [-0.25, -0.2) is 9.59 Å². The number of hydrogen-bond donors (Lipinski definition) is 4. The van der Waals surface area contributed by atoms with E-state index in [0.717, 1.165) is 0 Å². The van der Waals surface area contributed by atoms with Crippen molar-refractivity contribution >= 4 is 18.3 Å². The van der Waals surface area contributed by atoms with Gasteiger partial charge in [0.05, 0.1) is 6.21 Å². The van der Waals surface area contributed by atoms with Crippen molar-refractivity contribution in [2.24, 2.45) is 16.6 Å². The molecule has 4 amide bonds. The smallest absolute Gasteiger partial charge is 0.320 e. The number of nitrogens with zero attached hydrogens (tertiary/aromatic N) is 1. The maximum atomic E-state index is 9.62. The van der Waals surface area contributed by atoms with Gasteiger partial charge in [0, 0.05) is 0 Å². The van der Waals surface area contributed by atoms with Crippen molar-refractivity contribution in [3.63, 3.8) is 0 Å². The summed E-state index contributed by atoms with van der Waals surface area (Å²) in [4.78, 5) is 23.7. The Labute approximate surface area is 73.5 Å². The lowest BCUT2D eigenvalue weighted by molar-refractivity contribution is 0.136. The van der Waals surface area contributed by atoms with Crippen LogP contribution in [-0.4, -0.2) is 18.3 Å². The fourth-order valence-electron chi connectivity index (χ4n) is 0.330. The minimum absolute atomic E-state index is 0.937. The lowest BCUT2D eigenvalue weighted by Gasteiger charge is -1.96. The fraction of sp³-hybridized carbons (Fsp3) is 0. The molecule has 13 heavy (non-hydrogen) atoms. The summed E-state index contributed by atoms with van der Waals surface area (Å²) in [6.07, 6.45) is 4.80. The van der Waals surface area contributed by atoms with E-state index in [0.29, 0.717) is 0 Å². The highest BCUT2D eigenvalue weighted by atomic mass is 16.7. The Morgan fingerprint density at radius 3 is 2.08 bits per heavy atom. The van der Waals surface area contributed by atoms with Crippen LogP contribution in [0.3, 0.4) is 0 Å². The van der Waals surface area contributed by atoms with Crippen molar-refractivity contribution in [2.75, 3.05) is 0 Å². The number of urea groups is 2. The minimum Gasteiger partial charge on any atom is -0.373 e. The highest BCUT2D eigenvalue weighted by Crippen LogP contribution is 1.74. The van der Waals surface area contributed by atoms with Gasteiger partial charge in [0.1, 0.15) is 6.26 Å². The predicted octanol–water partition coefficient (Wildman–Crippen LogP) is -1.25. The van der Waals surface area contributed by atoms with Crippen molar-refractivity contribution in [1.82, 2.24) is 10.9 Å². The minimum atomic E-state index is -0.938. The van der Waals surface area contributed by atoms with Crippen LogP contribution in [0.1, 0.15) is 0 Å². The highest BCUT2D eigenvalue weighted by molar-refractivity contribution is 5.91. The first kappa shape index (κ1) is 10.8. The lowest BCUT2D eigenvalue weighted by atomic mass is 10.7. The van der Waals surface area contributed by atoms with Crippen LogP contribution in [0.4, 0.5) is 9.59 Å². The van der Waals surface area contributed by atoms with Crippen LogP contribution in [0.5, 0.6) is 0 Å². The number of nitrogens with two attached hydrogens (primary N) is 2. The maximum Gasteiger partial charge on any atom is 0.320 e. The van der Waals surface area contributed by atoms with E-state index in [1.165, 1.54) is 6.26 Å². The molecule has 0 aromatic carbocycles. The molecule has 0 radical (unpaired) electrons. The molecule has 6 N–H and O–H groups in total. The van der Waals surface area contributed by atoms with E-state index in [9.17, 15) is 9.59 Å². The van der Waals surface area contributed by atoms with Gasteiger partial charge in [-0.2, -0.15) is 5.10 Å². The first-order valence-corrected chi connectivity index (χ1v) is 3.07. The van der Waals surface area contributed by atoms with E-state index in [-0.39, 0.29) is 0 Å². The molecule has 1 rings (SSSR count). The maximum absolute atomic E-state index is 9.62. The van der Waals surface area contributed by atoms with Gasteiger partial charge in [-0.3, -0.25) is 5.32 Å². The lowest BCUT2D eigenvalue weighted by Crippen LogP contribution is -2.38. The Morgan fingerprint density at radius 1 is 1.38 bits per heavy atom. The van der Waals surface area contributed by atoms with E-state index >= 15 is 0 Å². The van der Waals surface area contributed by atoms with Crippen molar-refractivity contribution in [2.45, 2.75) is 0 Å². The van der Waals surface area contributed by atoms with Crippen LogP contribution < -0.4 is 22.4 Å². The SMILES string of the molecule is C1=CONN=C1.NC(=O)NC(N)=O. The van der Waals surface area contributed by atoms with Gasteiger partial charge in [0.25, 0.3) is 0 Å². The van der Waals surface area contributed by atoms with E-state index in [4.69, 9.17) is 0 Å². The number of carbonyl (C=O) groups is 2. The number of imide groups is 1. The second-order valence-electron chi connectivity index (χ2n) is 1.67. The van der Waals surface area contributed by atoms with Crippen molar-refractivity contribution in [3.05, 3.63) is 12.3 Å². The molecule has 0 aliphatic carbocycles. The van der Waals surface area contributed by atoms with Gasteiger partial charge in [-0.1, -0.05) is 0 Å². The van der Waals surface area contributed by atoms with E-state index in [1.807, 2.05) is 0 Å². The summed E-state index contributed by atoms with van der Waals surface area (Å²) in [6.45, 7) is 0. The van der Waals surface area contributed by atoms with Crippen LogP contribution in [0.25, 0.3) is 0 Å². The topological polar surface area (TPSA) is 132 Å². The van der Waals surface area contributed by atoms with Gasteiger partial charge in [0.15, 0.2) is 0 Å². The number of nitrogens with one attached hydrogen (secondary N) is 2. The molecular formula is C5H9N5O3.